The van der Waals surface area contributed by atoms with Crippen molar-refractivity contribution in [1.29, 1.82) is 0 Å². The predicted molar refractivity (Wildman–Crippen MR) is 130 cm³/mol. The lowest BCUT2D eigenvalue weighted by molar-refractivity contribution is 0.970. The zero-order valence-corrected chi connectivity index (χ0v) is 18.4. The van der Waals surface area contributed by atoms with Gasteiger partial charge in [0.05, 0.1) is 11.8 Å². The van der Waals surface area contributed by atoms with Gasteiger partial charge in [0.1, 0.15) is 10.7 Å². The minimum atomic E-state index is -0.227. The first-order valence-electron chi connectivity index (χ1n) is 9.20. The van der Waals surface area contributed by atoms with Crippen LogP contribution in [0.2, 0.25) is 5.02 Å². The van der Waals surface area contributed by atoms with Gasteiger partial charge in [0.15, 0.2) is 5.11 Å². The number of nitrogens with zero attached hydrogens (tertiary/aromatic N) is 3. The summed E-state index contributed by atoms with van der Waals surface area (Å²) in [6, 6.07) is 22.2. The summed E-state index contributed by atoms with van der Waals surface area (Å²) < 4.78 is 1.48. The number of para-hydroxylation sites is 1. The third-order valence-electron chi connectivity index (χ3n) is 4.15. The second-order valence-electron chi connectivity index (χ2n) is 6.31. The molecule has 154 valence electrons. The van der Waals surface area contributed by atoms with Gasteiger partial charge in [0.25, 0.3) is 5.56 Å². The lowest BCUT2D eigenvalue weighted by Crippen LogP contribution is -2.25. The Labute approximate surface area is 193 Å². The molecule has 2 N–H and O–H groups in total. The van der Waals surface area contributed by atoms with Gasteiger partial charge in [0.2, 0.25) is 0 Å². The van der Waals surface area contributed by atoms with E-state index in [4.69, 9.17) is 23.8 Å². The van der Waals surface area contributed by atoms with Crippen molar-refractivity contribution in [3.05, 3.63) is 99.9 Å². The van der Waals surface area contributed by atoms with Crippen LogP contribution < -0.4 is 16.3 Å². The Morgan fingerprint density at radius 3 is 2.58 bits per heavy atom. The number of benzene rings is 2. The highest BCUT2D eigenvalue weighted by Gasteiger charge is 2.13. The third kappa shape index (κ3) is 5.29. The first kappa shape index (κ1) is 21.0. The molecule has 6 nitrogen and oxygen atoms in total. The maximum absolute atomic E-state index is 13.1. The summed E-state index contributed by atoms with van der Waals surface area (Å²) in [6.07, 6.45) is 3.11. The molecule has 0 saturated heterocycles. The molecule has 0 spiro atoms. The summed E-state index contributed by atoms with van der Waals surface area (Å²) in [5.74, 6) is 0. The van der Waals surface area contributed by atoms with Gasteiger partial charge in [0, 0.05) is 21.8 Å². The molecule has 0 aliphatic carbocycles. The Kier molecular flexibility index (Phi) is 6.61. The van der Waals surface area contributed by atoms with E-state index in [2.05, 4.69) is 20.8 Å². The number of hydrazone groups is 1. The minimum Gasteiger partial charge on any atom is -0.331 e. The zero-order chi connectivity index (χ0) is 21.6. The first-order valence-corrected chi connectivity index (χ1v) is 10.8. The number of hydrogen-bond acceptors (Lipinski definition) is 5. The number of fused-ring (bicyclic) bond motifs is 1. The summed E-state index contributed by atoms with van der Waals surface area (Å²) in [6.45, 7) is 0. The van der Waals surface area contributed by atoms with Gasteiger partial charge in [-0.2, -0.15) is 5.10 Å². The Balaban J connectivity index is 1.62. The molecular weight excluding hydrogens is 450 g/mol. The zero-order valence-electron chi connectivity index (χ0n) is 16.0. The van der Waals surface area contributed by atoms with E-state index in [1.807, 2.05) is 48.5 Å². The number of nitrogens with one attached hydrogen (secondary N) is 2. The summed E-state index contributed by atoms with van der Waals surface area (Å²) in [4.78, 5) is 18.6. The van der Waals surface area contributed by atoms with E-state index in [1.54, 1.807) is 30.5 Å². The molecule has 0 amide bonds. The van der Waals surface area contributed by atoms with Gasteiger partial charge in [-0.05, 0) is 60.7 Å². The van der Waals surface area contributed by atoms with Gasteiger partial charge in [-0.3, -0.25) is 14.6 Å². The van der Waals surface area contributed by atoms with Crippen molar-refractivity contribution < 1.29 is 0 Å². The molecule has 0 fully saturated rings. The van der Waals surface area contributed by atoms with E-state index in [0.717, 1.165) is 10.6 Å². The van der Waals surface area contributed by atoms with Gasteiger partial charge in [-0.1, -0.05) is 47.6 Å². The van der Waals surface area contributed by atoms with Crippen LogP contribution in [0.1, 0.15) is 5.56 Å². The van der Waals surface area contributed by atoms with Crippen molar-refractivity contribution in [2.24, 2.45) is 5.10 Å². The standard InChI is InChI=1S/C22H16ClN5OS2/c23-15-9-11-17(12-10-15)31-20-18(21(29)28-13-5-4-8-19(28)26-20)14-24-27-22(30)25-16-6-2-1-3-7-16/h1-14H,(H2,25,27,30)/b24-14-. The van der Waals surface area contributed by atoms with E-state index in [9.17, 15) is 4.79 Å². The van der Waals surface area contributed by atoms with Crippen molar-refractivity contribution >= 4 is 58.2 Å². The lowest BCUT2D eigenvalue weighted by Gasteiger charge is -2.09. The molecule has 0 unspecified atom stereocenters. The molecule has 9 heteroatoms. The fraction of sp³-hybridized carbons (Fsp3) is 0. The monoisotopic (exact) mass is 465 g/mol. The van der Waals surface area contributed by atoms with Crippen LogP contribution in [-0.4, -0.2) is 20.7 Å². The van der Waals surface area contributed by atoms with E-state index in [-0.39, 0.29) is 5.56 Å². The summed E-state index contributed by atoms with van der Waals surface area (Å²) in [7, 11) is 0. The van der Waals surface area contributed by atoms with Crippen LogP contribution in [-0.2, 0) is 0 Å². The van der Waals surface area contributed by atoms with Crippen LogP contribution in [0, 0.1) is 0 Å². The number of hydrogen-bond donors (Lipinski definition) is 2. The minimum absolute atomic E-state index is 0.227. The Hall–Kier alpha value is -3.20. The van der Waals surface area contributed by atoms with Gasteiger partial charge in [-0.15, -0.1) is 0 Å². The molecule has 0 atom stereocenters. The lowest BCUT2D eigenvalue weighted by atomic mass is 10.3. The number of aromatic nitrogens is 2. The molecule has 0 aliphatic rings. The SMILES string of the molecule is O=c1c(/C=N\NC(=S)Nc2ccccc2)c(Sc2ccc(Cl)cc2)nc2ccccn12. The van der Waals surface area contributed by atoms with Crippen LogP contribution in [0.5, 0.6) is 0 Å². The highest BCUT2D eigenvalue weighted by Crippen LogP contribution is 2.28. The Bertz CT molecular complexity index is 1310. The third-order valence-corrected chi connectivity index (χ3v) is 5.61. The molecule has 0 bridgehead atoms. The molecular formula is C22H16ClN5OS2. The maximum Gasteiger partial charge on any atom is 0.267 e. The Morgan fingerprint density at radius 2 is 1.81 bits per heavy atom. The highest BCUT2D eigenvalue weighted by atomic mass is 35.5. The quantitative estimate of drug-likeness (QED) is 0.190. The van der Waals surface area contributed by atoms with Crippen molar-refractivity contribution in [2.75, 3.05) is 5.32 Å². The fourth-order valence-corrected chi connectivity index (χ4v) is 3.90. The molecule has 4 rings (SSSR count). The van der Waals surface area contributed by atoms with Gasteiger partial charge in [-0.25, -0.2) is 4.98 Å². The van der Waals surface area contributed by atoms with Crippen molar-refractivity contribution in [1.82, 2.24) is 14.8 Å². The van der Waals surface area contributed by atoms with E-state index >= 15 is 0 Å². The number of halogens is 1. The molecule has 31 heavy (non-hydrogen) atoms. The van der Waals surface area contributed by atoms with Crippen LogP contribution in [0.3, 0.4) is 0 Å². The van der Waals surface area contributed by atoms with Crippen LogP contribution >= 0.6 is 35.6 Å². The topological polar surface area (TPSA) is 70.8 Å². The molecule has 2 aromatic carbocycles. The number of anilines is 1. The largest absolute Gasteiger partial charge is 0.331 e. The molecule has 0 saturated carbocycles. The smallest absolute Gasteiger partial charge is 0.267 e. The summed E-state index contributed by atoms with van der Waals surface area (Å²) >= 11 is 12.6. The maximum atomic E-state index is 13.1. The average Bonchev–Trinajstić information content (AvgIpc) is 2.78. The summed E-state index contributed by atoms with van der Waals surface area (Å²) in [5.41, 5.74) is 4.25. The van der Waals surface area contributed by atoms with Crippen LogP contribution in [0.15, 0.2) is 98.8 Å². The Morgan fingerprint density at radius 1 is 1.06 bits per heavy atom. The first-order chi connectivity index (χ1) is 15.1. The molecule has 2 aromatic heterocycles. The second kappa shape index (κ2) is 9.74. The molecule has 2 heterocycles. The average molecular weight is 466 g/mol. The van der Waals surface area contributed by atoms with Gasteiger partial charge < -0.3 is 5.32 Å². The number of rotatable bonds is 5. The van der Waals surface area contributed by atoms with E-state index in [0.29, 0.717) is 26.4 Å². The fourth-order valence-electron chi connectivity index (χ4n) is 2.72. The second-order valence-corrected chi connectivity index (χ2v) is 8.22. The van der Waals surface area contributed by atoms with Crippen LogP contribution in [0.4, 0.5) is 5.69 Å². The summed E-state index contributed by atoms with van der Waals surface area (Å²) in [5, 5.41) is 8.66. The normalized spacial score (nSPS) is 11.0. The van der Waals surface area contributed by atoms with Crippen LogP contribution in [0.25, 0.3) is 5.65 Å². The van der Waals surface area contributed by atoms with Crippen molar-refractivity contribution in [2.45, 2.75) is 9.92 Å². The van der Waals surface area contributed by atoms with E-state index in [1.165, 1.54) is 22.4 Å². The number of pyridine rings is 1. The molecule has 0 radical (unpaired) electrons. The molecule has 0 aliphatic heterocycles. The van der Waals surface area contributed by atoms with E-state index < -0.39 is 0 Å². The molecule has 4 aromatic rings. The highest BCUT2D eigenvalue weighted by molar-refractivity contribution is 7.99. The predicted octanol–water partition coefficient (Wildman–Crippen LogP) is 4.82. The van der Waals surface area contributed by atoms with Crippen molar-refractivity contribution in [3.8, 4) is 0 Å². The number of thiocarbonyl (C=S) groups is 1. The van der Waals surface area contributed by atoms with Gasteiger partial charge >= 0.3 is 0 Å². The van der Waals surface area contributed by atoms with Crippen molar-refractivity contribution in [3.63, 3.8) is 0 Å².